The molecule has 0 radical (unpaired) electrons. The molecule has 0 fully saturated rings. The summed E-state index contributed by atoms with van der Waals surface area (Å²) < 4.78 is 8.88. The fourth-order valence-electron chi connectivity index (χ4n) is 1.24. The van der Waals surface area contributed by atoms with Gasteiger partial charge in [0.15, 0.2) is 12.6 Å². The van der Waals surface area contributed by atoms with Gasteiger partial charge in [0.25, 0.3) is 0 Å². The summed E-state index contributed by atoms with van der Waals surface area (Å²) in [5.74, 6) is 0. The summed E-state index contributed by atoms with van der Waals surface area (Å²) in [5, 5.41) is 87.1. The Balaban J connectivity index is -0.000000380. The van der Waals surface area contributed by atoms with Gasteiger partial charge in [-0.25, -0.2) is 4.57 Å². The molecule has 17 heteroatoms. The predicted octanol–water partition coefficient (Wildman–Crippen LogP) is -7.69. The molecular formula is C12H27O16P. The second-order valence-corrected chi connectivity index (χ2v) is 6.26. The number of carbonyl (C=O) groups excluding carboxylic acids is 2. The molecule has 0 aliphatic heterocycles. The topological polar surface area (TPSA) is 314 Å². The first-order chi connectivity index (χ1) is 13.1. The van der Waals surface area contributed by atoms with Crippen LogP contribution in [0.5, 0.6) is 0 Å². The summed E-state index contributed by atoms with van der Waals surface area (Å²) in [4.78, 5) is 41.4. The number of carbonyl (C=O) groups is 2. The van der Waals surface area contributed by atoms with Crippen molar-refractivity contribution in [3.05, 3.63) is 0 Å². The van der Waals surface area contributed by atoms with E-state index in [9.17, 15) is 9.59 Å². The Morgan fingerprint density at radius 2 is 0.793 bits per heavy atom. The molecule has 16 nitrogen and oxygen atoms in total. The van der Waals surface area contributed by atoms with Crippen molar-refractivity contribution in [2.24, 2.45) is 0 Å². The maximum absolute atomic E-state index is 9.90. The zero-order valence-corrected chi connectivity index (χ0v) is 15.6. The van der Waals surface area contributed by atoms with E-state index >= 15 is 0 Å². The highest BCUT2D eigenvalue weighted by atomic mass is 31.2. The minimum Gasteiger partial charge on any atom is -0.394 e. The first-order valence-electron chi connectivity index (χ1n) is 7.44. The second-order valence-electron chi connectivity index (χ2n) is 5.23. The van der Waals surface area contributed by atoms with E-state index < -0.39 is 69.9 Å². The largest absolute Gasteiger partial charge is 0.466 e. The molecule has 0 bridgehead atoms. The summed E-state index contributed by atoms with van der Waals surface area (Å²) in [7, 11) is -4.64. The van der Waals surface area contributed by atoms with Gasteiger partial charge < -0.3 is 75.3 Å². The molecule has 0 saturated heterocycles. The van der Waals surface area contributed by atoms with Crippen LogP contribution < -0.4 is 0 Å². The fourth-order valence-corrected chi connectivity index (χ4v) is 1.24. The third-order valence-electron chi connectivity index (χ3n) is 2.84. The smallest absolute Gasteiger partial charge is 0.394 e. The molecule has 176 valence electrons. The van der Waals surface area contributed by atoms with Crippen LogP contribution in [0.25, 0.3) is 0 Å². The zero-order valence-electron chi connectivity index (χ0n) is 14.7. The molecule has 0 spiro atoms. The highest BCUT2D eigenvalue weighted by molar-refractivity contribution is 7.45. The van der Waals surface area contributed by atoms with Gasteiger partial charge in [-0.05, 0) is 0 Å². The molecule has 0 rings (SSSR count). The molecule has 0 aromatic heterocycles. The lowest BCUT2D eigenvalue weighted by atomic mass is 10.0. The van der Waals surface area contributed by atoms with E-state index in [2.05, 4.69) is 0 Å². The fraction of sp³-hybridized carbons (Fsp3) is 0.833. The molecule has 0 aromatic rings. The van der Waals surface area contributed by atoms with Gasteiger partial charge in [-0.1, -0.05) is 0 Å². The van der Waals surface area contributed by atoms with Crippen molar-refractivity contribution in [3.8, 4) is 0 Å². The van der Waals surface area contributed by atoms with Gasteiger partial charge in [0, 0.05) is 0 Å². The second kappa shape index (κ2) is 16.8. The average molecular weight is 458 g/mol. The van der Waals surface area contributed by atoms with E-state index in [1.165, 1.54) is 0 Å². The van der Waals surface area contributed by atoms with Gasteiger partial charge in [-0.2, -0.15) is 0 Å². The van der Waals surface area contributed by atoms with Crippen LogP contribution in [0.1, 0.15) is 0 Å². The highest BCUT2D eigenvalue weighted by Crippen LogP contribution is 2.25. The Labute approximate surface area is 163 Å². The first-order valence-corrected chi connectivity index (χ1v) is 9.00. The molecule has 0 saturated carbocycles. The molecule has 0 heterocycles. The lowest BCUT2D eigenvalue weighted by molar-refractivity contribution is -0.136. The number of phosphoric acid groups is 1. The lowest BCUT2D eigenvalue weighted by Gasteiger charge is -2.22. The van der Waals surface area contributed by atoms with Gasteiger partial charge in [0.2, 0.25) is 0 Å². The van der Waals surface area contributed by atoms with Gasteiger partial charge in [0.05, 0.1) is 13.2 Å². The molecule has 0 aliphatic rings. The third kappa shape index (κ3) is 17.6. The third-order valence-corrected chi connectivity index (χ3v) is 2.84. The molecule has 8 atom stereocenters. The highest BCUT2D eigenvalue weighted by Gasteiger charge is 2.30. The number of hydrogen-bond acceptors (Lipinski definition) is 13. The van der Waals surface area contributed by atoms with Crippen molar-refractivity contribution >= 4 is 20.4 Å². The van der Waals surface area contributed by atoms with Crippen molar-refractivity contribution < 1.29 is 79.9 Å². The van der Waals surface area contributed by atoms with Crippen molar-refractivity contribution in [2.75, 3.05) is 13.2 Å². The summed E-state index contributed by atoms with van der Waals surface area (Å²) in [6.45, 7) is -1.52. The van der Waals surface area contributed by atoms with Crippen molar-refractivity contribution in [2.45, 2.75) is 48.8 Å². The summed E-state index contributed by atoms with van der Waals surface area (Å²) in [6, 6.07) is 0. The molecule has 0 amide bonds. The quantitative estimate of drug-likeness (QED) is 0.107. The first kappa shape index (κ1) is 32.7. The van der Waals surface area contributed by atoms with Crippen LogP contribution in [0, 0.1) is 0 Å². The van der Waals surface area contributed by atoms with Crippen LogP contribution in [-0.2, 0) is 14.2 Å². The van der Waals surface area contributed by atoms with Crippen LogP contribution in [0.4, 0.5) is 0 Å². The van der Waals surface area contributed by atoms with Crippen LogP contribution >= 0.6 is 7.82 Å². The zero-order chi connectivity index (χ0) is 23.9. The number of hydrogen-bond donors (Lipinski definition) is 13. The Hall–Kier alpha value is -0.950. The van der Waals surface area contributed by atoms with E-state index in [1.807, 2.05) is 0 Å². The normalized spacial score (nSPS) is 19.5. The number of aldehydes is 2. The van der Waals surface area contributed by atoms with Crippen LogP contribution in [-0.4, -0.2) is 140 Å². The molecule has 0 unspecified atom stereocenters. The number of rotatable bonds is 10. The lowest BCUT2D eigenvalue weighted by Crippen LogP contribution is -2.46. The van der Waals surface area contributed by atoms with Gasteiger partial charge in [-0.15, -0.1) is 0 Å². The predicted molar refractivity (Wildman–Crippen MR) is 88.6 cm³/mol. The average Bonchev–Trinajstić information content (AvgIpc) is 2.67. The van der Waals surface area contributed by atoms with E-state index in [-0.39, 0.29) is 12.6 Å². The van der Waals surface area contributed by atoms with Crippen LogP contribution in [0.15, 0.2) is 0 Å². The van der Waals surface area contributed by atoms with E-state index in [0.717, 1.165) is 0 Å². The Bertz CT molecular complexity index is 431. The van der Waals surface area contributed by atoms with Gasteiger partial charge in [-0.3, -0.25) is 0 Å². The maximum Gasteiger partial charge on any atom is 0.466 e. The minimum absolute atomic E-state index is 0.0258. The Morgan fingerprint density at radius 1 is 0.586 bits per heavy atom. The van der Waals surface area contributed by atoms with Crippen molar-refractivity contribution in [1.29, 1.82) is 0 Å². The number of aliphatic hydroxyl groups is 10. The summed E-state index contributed by atoms with van der Waals surface area (Å²) in [6.07, 6.45) is -13.7. The van der Waals surface area contributed by atoms with E-state index in [0.29, 0.717) is 0 Å². The Kier molecular flexibility index (Phi) is 19.0. The minimum atomic E-state index is -4.64. The van der Waals surface area contributed by atoms with Crippen molar-refractivity contribution in [1.82, 2.24) is 0 Å². The molecule has 0 aromatic carbocycles. The van der Waals surface area contributed by atoms with Gasteiger partial charge in [0.1, 0.15) is 48.8 Å². The molecule has 0 aliphatic carbocycles. The van der Waals surface area contributed by atoms with E-state index in [4.69, 9.17) is 70.3 Å². The maximum atomic E-state index is 9.90. The number of aliphatic hydroxyl groups excluding tert-OH is 10. The monoisotopic (exact) mass is 458 g/mol. The van der Waals surface area contributed by atoms with Gasteiger partial charge >= 0.3 is 7.82 Å². The van der Waals surface area contributed by atoms with Crippen LogP contribution in [0.3, 0.4) is 0 Å². The van der Waals surface area contributed by atoms with Crippen molar-refractivity contribution in [3.63, 3.8) is 0 Å². The summed E-state index contributed by atoms with van der Waals surface area (Å²) in [5.41, 5.74) is 0. The molecule has 29 heavy (non-hydrogen) atoms. The molecular weight excluding hydrogens is 431 g/mol. The standard InChI is InChI=1S/2C6H12O6.H3O4P/c2*7-1-3(9)5(11)6(12)4(10)2-8;1-5(2,3)4/h2*1,3-6,8-12H,2H2;(H3,1,2,3,4)/t2*3-,4-,5-,6-;/m11./s1. The SMILES string of the molecule is O=C[C@@H](O)[C@@H](O)[C@H](O)[C@H](O)CO.O=C[C@@H](O)[C@@H](O)[C@H](O)[C@H](O)CO.O=P(O)(O)O. The van der Waals surface area contributed by atoms with E-state index in [1.54, 1.807) is 0 Å². The van der Waals surface area contributed by atoms with Crippen LogP contribution in [0.2, 0.25) is 0 Å². The summed E-state index contributed by atoms with van der Waals surface area (Å²) >= 11 is 0. The Morgan fingerprint density at radius 3 is 0.931 bits per heavy atom. The molecule has 13 N–H and O–H groups in total.